The van der Waals surface area contributed by atoms with Crippen LogP contribution < -0.4 is 5.73 Å². The summed E-state index contributed by atoms with van der Waals surface area (Å²) in [6.07, 6.45) is 1.56. The lowest BCUT2D eigenvalue weighted by atomic mass is 10.0. The summed E-state index contributed by atoms with van der Waals surface area (Å²) in [5.41, 5.74) is 7.32. The van der Waals surface area contributed by atoms with Crippen LogP contribution in [0.25, 0.3) is 0 Å². The van der Waals surface area contributed by atoms with E-state index in [4.69, 9.17) is 10.2 Å². The van der Waals surface area contributed by atoms with Gasteiger partial charge in [-0.15, -0.1) is 0 Å². The monoisotopic (exact) mass is 283 g/mol. The summed E-state index contributed by atoms with van der Waals surface area (Å²) in [7, 11) is 0. The Kier molecular flexibility index (Phi) is 3.12. The SMILES string of the molecule is Cc1ccoc1C(N)c1cc(Br)ccc1F. The summed E-state index contributed by atoms with van der Waals surface area (Å²) < 4.78 is 19.7. The van der Waals surface area contributed by atoms with Gasteiger partial charge in [-0.3, -0.25) is 0 Å². The van der Waals surface area contributed by atoms with E-state index >= 15 is 0 Å². The third-order valence-corrected chi connectivity index (χ3v) is 2.97. The summed E-state index contributed by atoms with van der Waals surface area (Å²) >= 11 is 3.29. The lowest BCUT2D eigenvalue weighted by Gasteiger charge is -2.12. The number of halogens is 2. The van der Waals surface area contributed by atoms with Crippen LogP contribution in [0.1, 0.15) is 22.9 Å². The van der Waals surface area contributed by atoms with Gasteiger partial charge in [-0.2, -0.15) is 0 Å². The first kappa shape index (κ1) is 11.4. The minimum Gasteiger partial charge on any atom is -0.467 e. The second-order valence-electron chi connectivity index (χ2n) is 3.61. The first-order valence-corrected chi connectivity index (χ1v) is 5.63. The highest BCUT2D eigenvalue weighted by Crippen LogP contribution is 2.27. The van der Waals surface area contributed by atoms with Crippen LogP contribution in [0.2, 0.25) is 0 Å². The molecule has 0 saturated carbocycles. The van der Waals surface area contributed by atoms with Crippen molar-refractivity contribution in [2.75, 3.05) is 0 Å². The van der Waals surface area contributed by atoms with E-state index in [1.165, 1.54) is 6.07 Å². The highest BCUT2D eigenvalue weighted by atomic mass is 79.9. The second kappa shape index (κ2) is 4.39. The molecule has 2 rings (SSSR count). The average molecular weight is 284 g/mol. The molecule has 1 atom stereocenters. The quantitative estimate of drug-likeness (QED) is 0.916. The van der Waals surface area contributed by atoms with Gasteiger partial charge >= 0.3 is 0 Å². The van der Waals surface area contributed by atoms with Gasteiger partial charge in [0.05, 0.1) is 12.3 Å². The third-order valence-electron chi connectivity index (χ3n) is 2.48. The molecule has 0 aliphatic carbocycles. The molecule has 0 bridgehead atoms. The van der Waals surface area contributed by atoms with E-state index in [1.54, 1.807) is 18.4 Å². The fourth-order valence-electron chi connectivity index (χ4n) is 1.60. The maximum atomic E-state index is 13.6. The zero-order valence-corrected chi connectivity index (χ0v) is 10.3. The van der Waals surface area contributed by atoms with Gasteiger partial charge in [0.2, 0.25) is 0 Å². The highest BCUT2D eigenvalue weighted by Gasteiger charge is 2.18. The van der Waals surface area contributed by atoms with Gasteiger partial charge in [-0.05, 0) is 36.8 Å². The minimum atomic E-state index is -0.576. The van der Waals surface area contributed by atoms with E-state index in [1.807, 2.05) is 13.0 Å². The van der Waals surface area contributed by atoms with Gasteiger partial charge in [0.25, 0.3) is 0 Å². The van der Waals surface area contributed by atoms with Crippen molar-refractivity contribution >= 4 is 15.9 Å². The summed E-state index contributed by atoms with van der Waals surface area (Å²) in [6, 6.07) is 5.93. The van der Waals surface area contributed by atoms with Gasteiger partial charge in [-0.1, -0.05) is 15.9 Å². The van der Waals surface area contributed by atoms with Gasteiger partial charge in [-0.25, -0.2) is 4.39 Å². The Balaban J connectivity index is 2.45. The maximum absolute atomic E-state index is 13.6. The summed E-state index contributed by atoms with van der Waals surface area (Å²) in [5.74, 6) is 0.267. The number of hydrogen-bond acceptors (Lipinski definition) is 2. The predicted octanol–water partition coefficient (Wildman–Crippen LogP) is 3.54. The molecular formula is C12H11BrFNO. The van der Waals surface area contributed by atoms with Crippen LogP contribution in [0.15, 0.2) is 39.4 Å². The van der Waals surface area contributed by atoms with Gasteiger partial charge < -0.3 is 10.2 Å². The Labute approximate surface area is 101 Å². The smallest absolute Gasteiger partial charge is 0.128 e. The molecule has 84 valence electrons. The fraction of sp³-hybridized carbons (Fsp3) is 0.167. The number of rotatable bonds is 2. The largest absolute Gasteiger partial charge is 0.467 e. The molecule has 0 saturated heterocycles. The van der Waals surface area contributed by atoms with Crippen LogP contribution in [0.5, 0.6) is 0 Å². The van der Waals surface area contributed by atoms with Crippen molar-refractivity contribution in [3.05, 3.63) is 57.7 Å². The van der Waals surface area contributed by atoms with E-state index in [0.717, 1.165) is 10.0 Å². The molecule has 1 unspecified atom stereocenters. The van der Waals surface area contributed by atoms with Crippen LogP contribution >= 0.6 is 15.9 Å². The van der Waals surface area contributed by atoms with Crippen molar-refractivity contribution < 1.29 is 8.81 Å². The Morgan fingerprint density at radius 1 is 1.38 bits per heavy atom. The maximum Gasteiger partial charge on any atom is 0.128 e. The molecule has 2 aromatic rings. The second-order valence-corrected chi connectivity index (χ2v) is 4.53. The zero-order chi connectivity index (χ0) is 11.7. The summed E-state index contributed by atoms with van der Waals surface area (Å²) in [6.45, 7) is 1.88. The normalized spacial score (nSPS) is 12.8. The molecule has 1 heterocycles. The molecular weight excluding hydrogens is 273 g/mol. The van der Waals surface area contributed by atoms with E-state index in [2.05, 4.69) is 15.9 Å². The molecule has 0 spiro atoms. The van der Waals surface area contributed by atoms with Crippen molar-refractivity contribution in [1.82, 2.24) is 0 Å². The van der Waals surface area contributed by atoms with Gasteiger partial charge in [0.1, 0.15) is 11.6 Å². The molecule has 1 aromatic carbocycles. The molecule has 0 fully saturated rings. The lowest BCUT2D eigenvalue weighted by molar-refractivity contribution is 0.477. The van der Waals surface area contributed by atoms with Crippen molar-refractivity contribution in [2.45, 2.75) is 13.0 Å². The molecule has 2 N–H and O–H groups in total. The summed E-state index contributed by atoms with van der Waals surface area (Å²) in [4.78, 5) is 0. The molecule has 1 aromatic heterocycles. The Morgan fingerprint density at radius 2 is 2.12 bits per heavy atom. The van der Waals surface area contributed by atoms with Crippen molar-refractivity contribution in [1.29, 1.82) is 0 Å². The standard InChI is InChI=1S/C12H11BrFNO/c1-7-4-5-16-12(7)11(15)9-6-8(13)2-3-10(9)14/h2-6,11H,15H2,1H3. The fourth-order valence-corrected chi connectivity index (χ4v) is 1.98. The summed E-state index contributed by atoms with van der Waals surface area (Å²) in [5, 5.41) is 0. The zero-order valence-electron chi connectivity index (χ0n) is 8.71. The van der Waals surface area contributed by atoms with E-state index in [9.17, 15) is 4.39 Å². The Hall–Kier alpha value is -1.13. The van der Waals surface area contributed by atoms with Crippen LogP contribution in [-0.4, -0.2) is 0 Å². The molecule has 0 aliphatic rings. The van der Waals surface area contributed by atoms with E-state index in [0.29, 0.717) is 11.3 Å². The molecule has 2 nitrogen and oxygen atoms in total. The van der Waals surface area contributed by atoms with Crippen molar-refractivity contribution in [3.63, 3.8) is 0 Å². The van der Waals surface area contributed by atoms with E-state index in [-0.39, 0.29) is 5.82 Å². The van der Waals surface area contributed by atoms with Crippen molar-refractivity contribution in [3.8, 4) is 0 Å². The third kappa shape index (κ3) is 2.03. The van der Waals surface area contributed by atoms with Crippen LogP contribution in [0.4, 0.5) is 4.39 Å². The first-order chi connectivity index (χ1) is 7.59. The Bertz CT molecular complexity index is 509. The lowest BCUT2D eigenvalue weighted by Crippen LogP contribution is -2.13. The molecule has 16 heavy (non-hydrogen) atoms. The van der Waals surface area contributed by atoms with Crippen molar-refractivity contribution in [2.24, 2.45) is 5.73 Å². The number of furan rings is 1. The molecule has 0 amide bonds. The number of aryl methyl sites for hydroxylation is 1. The Morgan fingerprint density at radius 3 is 2.75 bits per heavy atom. The van der Waals surface area contributed by atoms with Gasteiger partial charge in [0, 0.05) is 10.0 Å². The molecule has 4 heteroatoms. The number of benzene rings is 1. The minimum absolute atomic E-state index is 0.327. The topological polar surface area (TPSA) is 39.2 Å². The number of hydrogen-bond donors (Lipinski definition) is 1. The first-order valence-electron chi connectivity index (χ1n) is 4.84. The predicted molar refractivity (Wildman–Crippen MR) is 63.6 cm³/mol. The highest BCUT2D eigenvalue weighted by molar-refractivity contribution is 9.10. The average Bonchev–Trinajstić information content (AvgIpc) is 2.67. The van der Waals surface area contributed by atoms with Crippen LogP contribution in [0, 0.1) is 12.7 Å². The van der Waals surface area contributed by atoms with Crippen LogP contribution in [-0.2, 0) is 0 Å². The molecule has 0 aliphatic heterocycles. The van der Waals surface area contributed by atoms with Crippen LogP contribution in [0.3, 0.4) is 0 Å². The van der Waals surface area contributed by atoms with Gasteiger partial charge in [0.15, 0.2) is 0 Å². The van der Waals surface area contributed by atoms with E-state index < -0.39 is 6.04 Å². The number of nitrogens with two attached hydrogens (primary N) is 1. The molecule has 0 radical (unpaired) electrons.